The minimum Gasteiger partial charge on any atom is -0.406 e. The molecule has 11 heteroatoms. The predicted molar refractivity (Wildman–Crippen MR) is 91.6 cm³/mol. The van der Waals surface area contributed by atoms with Gasteiger partial charge in [0.25, 0.3) is 0 Å². The second-order valence-electron chi connectivity index (χ2n) is 6.00. The molecule has 1 aromatic carbocycles. The van der Waals surface area contributed by atoms with Crippen LogP contribution in [0, 0.1) is 0 Å². The van der Waals surface area contributed by atoms with Crippen LogP contribution in [0.1, 0.15) is 25.7 Å². The first kappa shape index (κ1) is 19.5. The Labute approximate surface area is 157 Å². The summed E-state index contributed by atoms with van der Waals surface area (Å²) in [6.07, 6.45) is -0.432. The molecule has 1 amide bonds. The lowest BCUT2D eigenvalue weighted by molar-refractivity contribution is -0.274. The zero-order valence-electron chi connectivity index (χ0n) is 14.4. The molecule has 0 radical (unpaired) electrons. The average Bonchev–Trinajstić information content (AvgIpc) is 2.91. The lowest BCUT2D eigenvalue weighted by atomic mass is 10.2. The van der Waals surface area contributed by atoms with Crippen LogP contribution < -0.4 is 4.74 Å². The summed E-state index contributed by atoms with van der Waals surface area (Å²) in [5.74, 6) is -0.0921. The highest BCUT2D eigenvalue weighted by molar-refractivity contribution is 7.99. The smallest absolute Gasteiger partial charge is 0.406 e. The van der Waals surface area contributed by atoms with Crippen molar-refractivity contribution in [3.05, 3.63) is 24.3 Å². The van der Waals surface area contributed by atoms with Gasteiger partial charge in [0, 0.05) is 13.1 Å². The number of hydrogen-bond acceptors (Lipinski definition) is 6. The maximum atomic E-state index is 12.4. The minimum atomic E-state index is -4.75. The van der Waals surface area contributed by atoms with Crippen LogP contribution in [0.5, 0.6) is 5.75 Å². The zero-order chi connectivity index (χ0) is 19.3. The van der Waals surface area contributed by atoms with Gasteiger partial charge in [-0.25, -0.2) is 0 Å². The van der Waals surface area contributed by atoms with Gasteiger partial charge in [-0.2, -0.15) is 4.68 Å². The molecule has 2 aromatic rings. The maximum Gasteiger partial charge on any atom is 0.573 e. The monoisotopic (exact) mass is 401 g/mol. The molecule has 2 heterocycles. The van der Waals surface area contributed by atoms with Gasteiger partial charge in [-0.05, 0) is 47.5 Å². The number of aromatic nitrogens is 4. The van der Waals surface area contributed by atoms with Crippen LogP contribution in [0.15, 0.2) is 29.4 Å². The molecule has 7 nitrogen and oxygen atoms in total. The summed E-state index contributed by atoms with van der Waals surface area (Å²) >= 11 is 1.20. The van der Waals surface area contributed by atoms with Gasteiger partial charge in [0.15, 0.2) is 0 Å². The molecule has 0 aliphatic carbocycles. The number of benzene rings is 1. The number of amides is 1. The van der Waals surface area contributed by atoms with E-state index in [1.54, 1.807) is 0 Å². The average molecular weight is 401 g/mol. The fourth-order valence-corrected chi connectivity index (χ4v) is 3.55. The van der Waals surface area contributed by atoms with Crippen molar-refractivity contribution in [3.8, 4) is 11.4 Å². The number of carbonyl (C=O) groups is 1. The van der Waals surface area contributed by atoms with E-state index in [1.807, 2.05) is 4.90 Å². The zero-order valence-corrected chi connectivity index (χ0v) is 15.2. The Hall–Kier alpha value is -2.30. The van der Waals surface area contributed by atoms with Gasteiger partial charge in [0.1, 0.15) is 5.75 Å². The molecule has 0 bridgehead atoms. The van der Waals surface area contributed by atoms with Crippen LogP contribution in [-0.2, 0) is 4.79 Å². The van der Waals surface area contributed by atoms with Gasteiger partial charge in [-0.3, -0.25) is 4.79 Å². The molecule has 0 spiro atoms. The first-order chi connectivity index (χ1) is 12.9. The summed E-state index contributed by atoms with van der Waals surface area (Å²) in [6.45, 7) is 1.54. The molecule has 1 aromatic heterocycles. The Morgan fingerprint density at radius 3 is 2.41 bits per heavy atom. The lowest BCUT2D eigenvalue weighted by Crippen LogP contribution is -2.33. The Bertz CT molecular complexity index is 758. The Morgan fingerprint density at radius 1 is 1.11 bits per heavy atom. The topological polar surface area (TPSA) is 73.1 Å². The maximum absolute atomic E-state index is 12.4. The van der Waals surface area contributed by atoms with Crippen molar-refractivity contribution in [2.45, 2.75) is 37.2 Å². The van der Waals surface area contributed by atoms with Crippen molar-refractivity contribution in [1.29, 1.82) is 0 Å². The molecule has 146 valence electrons. The highest BCUT2D eigenvalue weighted by Gasteiger charge is 2.31. The Morgan fingerprint density at radius 2 is 1.78 bits per heavy atom. The van der Waals surface area contributed by atoms with E-state index in [0.29, 0.717) is 10.8 Å². The van der Waals surface area contributed by atoms with Gasteiger partial charge in [0.05, 0.1) is 11.4 Å². The fourth-order valence-electron chi connectivity index (χ4n) is 2.76. The summed E-state index contributed by atoms with van der Waals surface area (Å²) < 4.78 is 41.9. The SMILES string of the molecule is O=C(CSc1nnnn1-c1ccc(OC(F)(F)F)cc1)N1CCCCCC1. The Balaban J connectivity index is 1.62. The number of thioether (sulfide) groups is 1. The van der Waals surface area contributed by atoms with Crippen LogP contribution in [0.25, 0.3) is 5.69 Å². The van der Waals surface area contributed by atoms with Crippen LogP contribution in [0.4, 0.5) is 13.2 Å². The van der Waals surface area contributed by atoms with Gasteiger partial charge in [-0.15, -0.1) is 18.3 Å². The van der Waals surface area contributed by atoms with Crippen molar-refractivity contribution < 1.29 is 22.7 Å². The van der Waals surface area contributed by atoms with E-state index in [9.17, 15) is 18.0 Å². The van der Waals surface area contributed by atoms with Crippen LogP contribution >= 0.6 is 11.8 Å². The second kappa shape index (κ2) is 8.59. The molecule has 0 atom stereocenters. The number of rotatable bonds is 5. The van der Waals surface area contributed by atoms with Crippen molar-refractivity contribution >= 4 is 17.7 Å². The highest BCUT2D eigenvalue weighted by Crippen LogP contribution is 2.25. The largest absolute Gasteiger partial charge is 0.573 e. The number of nitrogens with zero attached hydrogens (tertiary/aromatic N) is 5. The highest BCUT2D eigenvalue weighted by atomic mass is 32.2. The summed E-state index contributed by atoms with van der Waals surface area (Å²) in [6, 6.07) is 5.19. The van der Waals surface area contributed by atoms with Crippen LogP contribution in [-0.4, -0.2) is 56.2 Å². The molecule has 0 N–H and O–H groups in total. The summed E-state index contributed by atoms with van der Waals surface area (Å²) in [7, 11) is 0. The molecule has 1 aliphatic rings. The predicted octanol–water partition coefficient (Wildman–Crippen LogP) is 3.06. The van der Waals surface area contributed by atoms with E-state index in [0.717, 1.165) is 38.8 Å². The number of hydrogen-bond donors (Lipinski definition) is 0. The molecule has 3 rings (SSSR count). The molecule has 1 aliphatic heterocycles. The molecule has 1 fully saturated rings. The molecule has 0 unspecified atom stereocenters. The van der Waals surface area contributed by atoms with Crippen molar-refractivity contribution in [3.63, 3.8) is 0 Å². The van der Waals surface area contributed by atoms with Gasteiger partial charge in [-0.1, -0.05) is 24.6 Å². The number of alkyl halides is 3. The lowest BCUT2D eigenvalue weighted by Gasteiger charge is -2.19. The van der Waals surface area contributed by atoms with E-state index in [-0.39, 0.29) is 17.4 Å². The third-order valence-corrected chi connectivity index (χ3v) is 4.94. The van der Waals surface area contributed by atoms with Crippen LogP contribution in [0.3, 0.4) is 0 Å². The quantitative estimate of drug-likeness (QED) is 0.717. The van der Waals surface area contributed by atoms with Crippen molar-refractivity contribution in [1.82, 2.24) is 25.1 Å². The molecular formula is C16H18F3N5O2S. The van der Waals surface area contributed by atoms with Gasteiger partial charge < -0.3 is 9.64 Å². The Kier molecular flexibility index (Phi) is 6.19. The van der Waals surface area contributed by atoms with E-state index in [1.165, 1.54) is 40.7 Å². The minimum absolute atomic E-state index is 0.0328. The van der Waals surface area contributed by atoms with E-state index in [2.05, 4.69) is 20.3 Å². The van der Waals surface area contributed by atoms with Crippen molar-refractivity contribution in [2.24, 2.45) is 0 Å². The molecule has 27 heavy (non-hydrogen) atoms. The number of tetrazole rings is 1. The third-order valence-electron chi connectivity index (χ3n) is 4.04. The molecule has 0 saturated carbocycles. The summed E-state index contributed by atoms with van der Waals surface area (Å²) in [5.41, 5.74) is 0.472. The third kappa shape index (κ3) is 5.59. The molecule has 1 saturated heterocycles. The standard InChI is InChI=1S/C16H18F3N5O2S/c17-16(18,19)26-13-7-5-12(6-8-13)24-15(20-21-22-24)27-11-14(25)23-9-3-1-2-4-10-23/h5-8H,1-4,9-11H2. The second-order valence-corrected chi connectivity index (χ2v) is 6.94. The number of carbonyl (C=O) groups excluding carboxylic acids is 1. The van der Waals surface area contributed by atoms with E-state index < -0.39 is 6.36 Å². The number of ether oxygens (including phenoxy) is 1. The van der Waals surface area contributed by atoms with Gasteiger partial charge in [0.2, 0.25) is 11.1 Å². The fraction of sp³-hybridized carbons (Fsp3) is 0.500. The number of likely N-dealkylation sites (tertiary alicyclic amines) is 1. The number of halogens is 3. The first-order valence-corrected chi connectivity index (χ1v) is 9.46. The molecular weight excluding hydrogens is 383 g/mol. The van der Waals surface area contributed by atoms with Gasteiger partial charge >= 0.3 is 6.36 Å². The summed E-state index contributed by atoms with van der Waals surface area (Å²) in [5, 5.41) is 11.7. The van der Waals surface area contributed by atoms with Crippen LogP contribution in [0.2, 0.25) is 0 Å². The van der Waals surface area contributed by atoms with Crippen molar-refractivity contribution in [2.75, 3.05) is 18.8 Å². The van der Waals surface area contributed by atoms with E-state index in [4.69, 9.17) is 0 Å². The van der Waals surface area contributed by atoms with E-state index >= 15 is 0 Å². The summed E-state index contributed by atoms with van der Waals surface area (Å²) in [4.78, 5) is 14.2. The normalized spacial score (nSPS) is 15.4. The first-order valence-electron chi connectivity index (χ1n) is 8.47.